The van der Waals surface area contributed by atoms with Crippen LogP contribution in [0, 0.1) is 10.1 Å². The summed E-state index contributed by atoms with van der Waals surface area (Å²) in [7, 11) is 1.43. The molecule has 1 aliphatic heterocycles. The Bertz CT molecular complexity index is 1130. The number of phenolic OH excluding ortho intramolecular Hbond substituents is 1. The first-order valence-electron chi connectivity index (χ1n) is 8.65. The molecule has 0 atom stereocenters. The van der Waals surface area contributed by atoms with E-state index in [1.807, 2.05) is 0 Å². The van der Waals surface area contributed by atoms with Crippen molar-refractivity contribution in [1.82, 2.24) is 10.2 Å². The quantitative estimate of drug-likeness (QED) is 0.267. The van der Waals surface area contributed by atoms with Gasteiger partial charge in [0.25, 0.3) is 5.91 Å². The van der Waals surface area contributed by atoms with Gasteiger partial charge in [0.05, 0.1) is 17.7 Å². The molecule has 0 saturated carbocycles. The van der Waals surface area contributed by atoms with Crippen molar-refractivity contribution in [1.29, 1.82) is 0 Å². The topological polar surface area (TPSA) is 151 Å². The summed E-state index contributed by atoms with van der Waals surface area (Å²) < 4.78 is 5.12. The van der Waals surface area contributed by atoms with Gasteiger partial charge in [-0.2, -0.15) is 0 Å². The molecule has 4 amide bonds. The number of aromatic hydroxyl groups is 1. The van der Waals surface area contributed by atoms with Crippen LogP contribution in [0.4, 0.5) is 16.2 Å². The lowest BCUT2D eigenvalue weighted by atomic mass is 10.1. The largest absolute Gasteiger partial charge is 0.502 e. The van der Waals surface area contributed by atoms with Crippen LogP contribution in [0.2, 0.25) is 5.02 Å². The molecular formula is C19H15ClN4O7. The van der Waals surface area contributed by atoms with Crippen LogP contribution in [0.5, 0.6) is 11.5 Å². The lowest BCUT2D eigenvalue weighted by Crippen LogP contribution is -2.38. The number of nitrogens with one attached hydrogen (secondary N) is 2. The molecule has 12 heteroatoms. The molecule has 0 aliphatic carbocycles. The number of nitro benzene ring substituents is 1. The van der Waals surface area contributed by atoms with Crippen LogP contribution >= 0.6 is 11.6 Å². The Morgan fingerprint density at radius 1 is 1.35 bits per heavy atom. The van der Waals surface area contributed by atoms with Crippen LogP contribution in [0.3, 0.4) is 0 Å². The molecule has 3 rings (SSSR count). The van der Waals surface area contributed by atoms with E-state index in [1.54, 1.807) is 24.3 Å². The first-order chi connectivity index (χ1) is 14.7. The maximum absolute atomic E-state index is 12.6. The second-order valence-corrected chi connectivity index (χ2v) is 6.68. The molecule has 0 spiro atoms. The molecule has 3 N–H and O–H groups in total. The number of methoxy groups -OCH3 is 1. The maximum atomic E-state index is 12.6. The number of carbonyl (C=O) groups excluding carboxylic acids is 3. The van der Waals surface area contributed by atoms with Gasteiger partial charge in [0.15, 0.2) is 0 Å². The predicted octanol–water partition coefficient (Wildman–Crippen LogP) is 2.49. The third-order valence-corrected chi connectivity index (χ3v) is 4.44. The Labute approximate surface area is 180 Å². The van der Waals surface area contributed by atoms with Gasteiger partial charge in [-0.3, -0.25) is 19.7 Å². The van der Waals surface area contributed by atoms with E-state index in [0.29, 0.717) is 16.3 Å². The number of halogens is 1. The lowest BCUT2D eigenvalue weighted by Gasteiger charge is -2.13. The molecule has 160 valence electrons. The monoisotopic (exact) mass is 446 g/mol. The molecular weight excluding hydrogens is 432 g/mol. The Balaban J connectivity index is 1.80. The van der Waals surface area contributed by atoms with Gasteiger partial charge in [0.1, 0.15) is 18.0 Å². The first kappa shape index (κ1) is 21.6. The summed E-state index contributed by atoms with van der Waals surface area (Å²) in [5, 5.41) is 25.8. The number of anilines is 1. The average molecular weight is 447 g/mol. The minimum Gasteiger partial charge on any atom is -0.502 e. The van der Waals surface area contributed by atoms with E-state index >= 15 is 0 Å². The molecule has 0 bridgehead atoms. The van der Waals surface area contributed by atoms with E-state index in [4.69, 9.17) is 16.3 Å². The maximum Gasteiger partial charge on any atom is 0.329 e. The van der Waals surface area contributed by atoms with Gasteiger partial charge >= 0.3 is 11.7 Å². The Morgan fingerprint density at radius 3 is 2.74 bits per heavy atom. The second-order valence-electron chi connectivity index (χ2n) is 6.25. The fraction of sp³-hybridized carbons (Fsp3) is 0.105. The number of rotatable bonds is 6. The third kappa shape index (κ3) is 4.56. The fourth-order valence-electron chi connectivity index (χ4n) is 2.81. The number of hydrogen-bond donors (Lipinski definition) is 3. The van der Waals surface area contributed by atoms with E-state index in [0.717, 1.165) is 12.1 Å². The molecule has 1 saturated heterocycles. The van der Waals surface area contributed by atoms with Gasteiger partial charge in [-0.15, -0.1) is 0 Å². The molecule has 0 unspecified atom stereocenters. The number of amides is 4. The van der Waals surface area contributed by atoms with Gasteiger partial charge in [0.2, 0.25) is 11.7 Å². The zero-order chi connectivity index (χ0) is 22.7. The second kappa shape index (κ2) is 8.71. The number of benzene rings is 2. The standard InChI is InChI=1S/C19H15ClN4O7/c1-31-15-5-3-2-4-12(15)21-16(25)9-23-18(27)13(22-19(23)28)7-10-6-11(20)8-14(17(10)26)24(29)30/h2-8,26H,9H2,1H3,(H,21,25)(H,22,28)/b13-7+. The number of urea groups is 1. The number of carbonyl (C=O) groups is 3. The van der Waals surface area contributed by atoms with E-state index in [-0.39, 0.29) is 16.3 Å². The van der Waals surface area contributed by atoms with Gasteiger partial charge in [0, 0.05) is 16.7 Å². The highest BCUT2D eigenvalue weighted by atomic mass is 35.5. The highest BCUT2D eigenvalue weighted by Gasteiger charge is 2.35. The SMILES string of the molecule is COc1ccccc1NC(=O)CN1C(=O)N/C(=C/c2cc(Cl)cc([N+](=O)[O-])c2O)C1=O. The van der Waals surface area contributed by atoms with E-state index in [9.17, 15) is 29.6 Å². The van der Waals surface area contributed by atoms with E-state index < -0.39 is 40.8 Å². The number of phenols is 1. The van der Waals surface area contributed by atoms with Crippen molar-refractivity contribution in [3.05, 3.63) is 62.8 Å². The van der Waals surface area contributed by atoms with Crippen molar-refractivity contribution < 1.29 is 29.2 Å². The van der Waals surface area contributed by atoms with Crippen LogP contribution in [-0.4, -0.2) is 46.4 Å². The van der Waals surface area contributed by atoms with Gasteiger partial charge in [-0.25, -0.2) is 9.69 Å². The minimum atomic E-state index is -0.873. The van der Waals surface area contributed by atoms with Crippen molar-refractivity contribution in [2.24, 2.45) is 0 Å². The van der Waals surface area contributed by atoms with Crippen molar-refractivity contribution in [2.45, 2.75) is 0 Å². The number of nitrogens with zero attached hydrogens (tertiary/aromatic N) is 2. The summed E-state index contributed by atoms with van der Waals surface area (Å²) in [5.74, 6) is -1.85. The number of nitro groups is 1. The summed E-state index contributed by atoms with van der Waals surface area (Å²) in [5.41, 5.74) is -0.747. The molecule has 11 nitrogen and oxygen atoms in total. The van der Waals surface area contributed by atoms with Gasteiger partial charge in [-0.05, 0) is 24.3 Å². The molecule has 2 aromatic rings. The van der Waals surface area contributed by atoms with Crippen molar-refractivity contribution in [3.8, 4) is 11.5 Å². The van der Waals surface area contributed by atoms with Crippen molar-refractivity contribution >= 4 is 46.9 Å². The average Bonchev–Trinajstić information content (AvgIpc) is 2.98. The minimum absolute atomic E-state index is 0.0545. The molecule has 0 aromatic heterocycles. The molecule has 31 heavy (non-hydrogen) atoms. The third-order valence-electron chi connectivity index (χ3n) is 4.23. The number of hydrogen-bond acceptors (Lipinski definition) is 7. The van der Waals surface area contributed by atoms with Crippen molar-refractivity contribution in [3.63, 3.8) is 0 Å². The molecule has 2 aromatic carbocycles. The smallest absolute Gasteiger partial charge is 0.329 e. The molecule has 0 radical (unpaired) electrons. The number of imide groups is 1. The summed E-state index contributed by atoms with van der Waals surface area (Å²) in [6.45, 7) is -0.596. The zero-order valence-electron chi connectivity index (χ0n) is 15.9. The van der Waals surface area contributed by atoms with Gasteiger partial charge in [-0.1, -0.05) is 23.7 Å². The van der Waals surface area contributed by atoms with E-state index in [1.165, 1.54) is 13.2 Å². The van der Waals surface area contributed by atoms with Crippen LogP contribution in [-0.2, 0) is 9.59 Å². The number of ether oxygens (including phenoxy) is 1. The van der Waals surface area contributed by atoms with Crippen LogP contribution in [0.25, 0.3) is 6.08 Å². The summed E-state index contributed by atoms with van der Waals surface area (Å²) in [6, 6.07) is 7.85. The van der Waals surface area contributed by atoms with Crippen molar-refractivity contribution in [2.75, 3.05) is 19.0 Å². The predicted molar refractivity (Wildman–Crippen MR) is 110 cm³/mol. The highest BCUT2D eigenvalue weighted by Crippen LogP contribution is 2.34. The lowest BCUT2D eigenvalue weighted by molar-refractivity contribution is -0.385. The molecule has 1 heterocycles. The zero-order valence-corrected chi connectivity index (χ0v) is 16.7. The molecule has 1 fully saturated rings. The molecule has 1 aliphatic rings. The summed E-state index contributed by atoms with van der Waals surface area (Å²) >= 11 is 5.83. The Kier molecular flexibility index (Phi) is 6.07. The fourth-order valence-corrected chi connectivity index (χ4v) is 3.03. The highest BCUT2D eigenvalue weighted by molar-refractivity contribution is 6.31. The Morgan fingerprint density at radius 2 is 2.06 bits per heavy atom. The van der Waals surface area contributed by atoms with E-state index in [2.05, 4.69) is 10.6 Å². The summed E-state index contributed by atoms with van der Waals surface area (Å²) in [6.07, 6.45) is 1.03. The Hall–Kier alpha value is -4.12. The van der Waals surface area contributed by atoms with Gasteiger partial charge < -0.3 is 20.5 Å². The normalized spacial score (nSPS) is 14.5. The first-order valence-corrected chi connectivity index (χ1v) is 9.03. The summed E-state index contributed by atoms with van der Waals surface area (Å²) in [4.78, 5) is 47.9. The van der Waals surface area contributed by atoms with Crippen LogP contribution in [0.15, 0.2) is 42.1 Å². The number of para-hydroxylation sites is 2. The van der Waals surface area contributed by atoms with Crippen LogP contribution in [0.1, 0.15) is 5.56 Å². The van der Waals surface area contributed by atoms with Crippen LogP contribution < -0.4 is 15.4 Å².